The van der Waals surface area contributed by atoms with Gasteiger partial charge in [0.1, 0.15) is 11.5 Å². The van der Waals surface area contributed by atoms with E-state index in [4.69, 9.17) is 9.15 Å². The maximum absolute atomic E-state index is 5.97. The van der Waals surface area contributed by atoms with Crippen molar-refractivity contribution in [2.75, 3.05) is 6.61 Å². The summed E-state index contributed by atoms with van der Waals surface area (Å²) < 4.78 is 11.8. The second kappa shape index (κ2) is 11.5. The highest BCUT2D eigenvalue weighted by molar-refractivity contribution is 5.53. The third-order valence-corrected chi connectivity index (χ3v) is 5.86. The topological polar surface area (TPSA) is 47.3 Å². The molecule has 0 saturated heterocycles. The Kier molecular flexibility index (Phi) is 7.94. The second-order valence-electron chi connectivity index (χ2n) is 8.31. The highest BCUT2D eigenvalue weighted by Crippen LogP contribution is 2.22. The molecule has 0 bridgehead atoms. The van der Waals surface area contributed by atoms with Crippen LogP contribution in [-0.2, 0) is 19.4 Å². The SMILES string of the molecule is CC[C@H](Cc1ccc(OCCc2nc(-c3ccccc3)oc2C)cc1)NCc1ccccc1. The minimum absolute atomic E-state index is 0.450. The first-order chi connectivity index (χ1) is 16.2. The standard InChI is InChI=1S/C29H32N2O2/c1-3-26(30-21-24-10-6-4-7-11-24)20-23-14-16-27(17-15-23)32-19-18-28-22(2)33-29(31-28)25-12-8-5-9-13-25/h4-17,26,30H,3,18-21H2,1-2H3/t26-/m1/s1. The molecule has 1 heterocycles. The van der Waals surface area contributed by atoms with Crippen LogP contribution in [0.3, 0.4) is 0 Å². The molecule has 170 valence electrons. The van der Waals surface area contributed by atoms with Crippen LogP contribution in [0, 0.1) is 6.92 Å². The van der Waals surface area contributed by atoms with Gasteiger partial charge in [-0.2, -0.15) is 0 Å². The van der Waals surface area contributed by atoms with Gasteiger partial charge in [0.15, 0.2) is 0 Å². The first kappa shape index (κ1) is 22.8. The number of rotatable bonds is 11. The molecule has 0 aliphatic heterocycles. The van der Waals surface area contributed by atoms with E-state index in [2.05, 4.69) is 71.8 Å². The molecule has 0 radical (unpaired) electrons. The summed E-state index contributed by atoms with van der Waals surface area (Å²) in [6.07, 6.45) is 2.81. The molecule has 33 heavy (non-hydrogen) atoms. The van der Waals surface area contributed by atoms with E-state index < -0.39 is 0 Å². The molecule has 3 aromatic carbocycles. The van der Waals surface area contributed by atoms with Crippen LogP contribution < -0.4 is 10.1 Å². The predicted octanol–water partition coefficient (Wildman–Crippen LogP) is 6.38. The molecule has 0 aliphatic rings. The van der Waals surface area contributed by atoms with Gasteiger partial charge in [0.25, 0.3) is 0 Å². The number of nitrogens with one attached hydrogen (secondary N) is 1. The van der Waals surface area contributed by atoms with Gasteiger partial charge >= 0.3 is 0 Å². The lowest BCUT2D eigenvalue weighted by atomic mass is 10.0. The van der Waals surface area contributed by atoms with E-state index in [-0.39, 0.29) is 0 Å². The summed E-state index contributed by atoms with van der Waals surface area (Å²) in [7, 11) is 0. The lowest BCUT2D eigenvalue weighted by Gasteiger charge is -2.17. The molecule has 0 aliphatic carbocycles. The molecule has 0 amide bonds. The Hall–Kier alpha value is -3.37. The van der Waals surface area contributed by atoms with Crippen LogP contribution in [0.5, 0.6) is 5.75 Å². The lowest BCUT2D eigenvalue weighted by Crippen LogP contribution is -2.30. The quantitative estimate of drug-likeness (QED) is 0.294. The lowest BCUT2D eigenvalue weighted by molar-refractivity contribution is 0.319. The van der Waals surface area contributed by atoms with Crippen LogP contribution in [-0.4, -0.2) is 17.6 Å². The molecule has 4 heteroatoms. The molecule has 0 saturated carbocycles. The molecule has 1 N–H and O–H groups in total. The maximum Gasteiger partial charge on any atom is 0.226 e. The predicted molar refractivity (Wildman–Crippen MR) is 133 cm³/mol. The Morgan fingerprint density at radius 3 is 2.27 bits per heavy atom. The average Bonchev–Trinajstić information content (AvgIpc) is 3.24. The van der Waals surface area contributed by atoms with Gasteiger partial charge in [0.2, 0.25) is 5.89 Å². The Labute approximate surface area is 196 Å². The maximum atomic E-state index is 5.97. The highest BCUT2D eigenvalue weighted by atomic mass is 16.5. The number of oxazole rings is 1. The van der Waals surface area contributed by atoms with Crippen molar-refractivity contribution in [1.29, 1.82) is 0 Å². The fourth-order valence-electron chi connectivity index (χ4n) is 3.85. The molecule has 0 fully saturated rings. The molecular formula is C29H32N2O2. The summed E-state index contributed by atoms with van der Waals surface area (Å²) in [6.45, 7) is 5.65. The second-order valence-corrected chi connectivity index (χ2v) is 8.31. The van der Waals surface area contributed by atoms with Crippen molar-refractivity contribution in [2.45, 2.75) is 45.7 Å². The van der Waals surface area contributed by atoms with Crippen molar-refractivity contribution in [2.24, 2.45) is 0 Å². The molecule has 4 aromatic rings. The molecule has 1 aromatic heterocycles. The van der Waals surface area contributed by atoms with E-state index in [9.17, 15) is 0 Å². The van der Waals surface area contributed by atoms with Gasteiger partial charge in [-0.1, -0.05) is 67.6 Å². The number of hydrogen-bond acceptors (Lipinski definition) is 4. The number of aryl methyl sites for hydroxylation is 1. The van der Waals surface area contributed by atoms with Crippen molar-refractivity contribution >= 4 is 0 Å². The third kappa shape index (κ3) is 6.56. The number of hydrogen-bond donors (Lipinski definition) is 1. The van der Waals surface area contributed by atoms with Crippen LogP contribution in [0.4, 0.5) is 0 Å². The molecule has 4 rings (SSSR count). The molecule has 1 atom stereocenters. The van der Waals surface area contributed by atoms with Crippen LogP contribution >= 0.6 is 0 Å². The minimum Gasteiger partial charge on any atom is -0.493 e. The fraction of sp³-hybridized carbons (Fsp3) is 0.276. The summed E-state index contributed by atoms with van der Waals surface area (Å²) in [4.78, 5) is 4.65. The van der Waals surface area contributed by atoms with Crippen molar-refractivity contribution in [1.82, 2.24) is 10.3 Å². The summed E-state index contributed by atoms with van der Waals surface area (Å²) in [6, 6.07) is 29.4. The van der Waals surface area contributed by atoms with Crippen LogP contribution in [0.2, 0.25) is 0 Å². The molecule has 0 unspecified atom stereocenters. The molecule has 4 nitrogen and oxygen atoms in total. The van der Waals surface area contributed by atoms with Crippen LogP contribution in [0.25, 0.3) is 11.5 Å². The summed E-state index contributed by atoms with van der Waals surface area (Å²) in [5.41, 5.74) is 4.57. The number of benzene rings is 3. The highest BCUT2D eigenvalue weighted by Gasteiger charge is 2.11. The number of nitrogens with zero attached hydrogens (tertiary/aromatic N) is 1. The van der Waals surface area contributed by atoms with E-state index >= 15 is 0 Å². The largest absolute Gasteiger partial charge is 0.493 e. The summed E-state index contributed by atoms with van der Waals surface area (Å²) >= 11 is 0. The Balaban J connectivity index is 1.25. The van der Waals surface area contributed by atoms with E-state index in [0.717, 1.165) is 42.2 Å². The summed E-state index contributed by atoms with van der Waals surface area (Å²) in [5, 5.41) is 3.67. The normalized spacial score (nSPS) is 11.9. The average molecular weight is 441 g/mol. The minimum atomic E-state index is 0.450. The van der Waals surface area contributed by atoms with Gasteiger partial charge in [-0.15, -0.1) is 0 Å². The molecule has 0 spiro atoms. The van der Waals surface area contributed by atoms with Gasteiger partial charge in [-0.3, -0.25) is 0 Å². The van der Waals surface area contributed by atoms with Crippen molar-refractivity contribution in [3.05, 3.63) is 108 Å². The van der Waals surface area contributed by atoms with Crippen molar-refractivity contribution in [3.63, 3.8) is 0 Å². The number of ether oxygens (including phenoxy) is 1. The summed E-state index contributed by atoms with van der Waals surface area (Å²) in [5.74, 6) is 2.40. The van der Waals surface area contributed by atoms with Crippen molar-refractivity contribution in [3.8, 4) is 17.2 Å². The van der Waals surface area contributed by atoms with Gasteiger partial charge in [0.05, 0.1) is 12.3 Å². The van der Waals surface area contributed by atoms with Gasteiger partial charge in [-0.25, -0.2) is 4.98 Å². The first-order valence-corrected chi connectivity index (χ1v) is 11.7. The van der Waals surface area contributed by atoms with Gasteiger partial charge < -0.3 is 14.5 Å². The van der Waals surface area contributed by atoms with Crippen LogP contribution in [0.15, 0.2) is 89.3 Å². The van der Waals surface area contributed by atoms with E-state index in [1.165, 1.54) is 11.1 Å². The Morgan fingerprint density at radius 2 is 1.58 bits per heavy atom. The van der Waals surface area contributed by atoms with E-state index in [0.29, 0.717) is 25.0 Å². The van der Waals surface area contributed by atoms with Crippen molar-refractivity contribution < 1.29 is 9.15 Å². The zero-order valence-corrected chi connectivity index (χ0v) is 19.5. The fourth-order valence-corrected chi connectivity index (χ4v) is 3.85. The monoisotopic (exact) mass is 440 g/mol. The van der Waals surface area contributed by atoms with E-state index in [1.54, 1.807) is 0 Å². The zero-order valence-electron chi connectivity index (χ0n) is 19.5. The van der Waals surface area contributed by atoms with Gasteiger partial charge in [-0.05, 0) is 55.2 Å². The first-order valence-electron chi connectivity index (χ1n) is 11.7. The smallest absolute Gasteiger partial charge is 0.226 e. The van der Waals surface area contributed by atoms with Gasteiger partial charge in [0, 0.05) is 24.6 Å². The Morgan fingerprint density at radius 1 is 0.879 bits per heavy atom. The third-order valence-electron chi connectivity index (χ3n) is 5.86. The zero-order chi connectivity index (χ0) is 22.9. The number of aromatic nitrogens is 1. The molecular weight excluding hydrogens is 408 g/mol. The van der Waals surface area contributed by atoms with E-state index in [1.807, 2.05) is 37.3 Å². The Bertz CT molecular complexity index is 1110. The van der Waals surface area contributed by atoms with Crippen LogP contribution in [0.1, 0.15) is 35.9 Å².